The lowest BCUT2D eigenvalue weighted by Crippen LogP contribution is -2.47. The molecule has 1 atom stereocenters. The van der Waals surface area contributed by atoms with Crippen LogP contribution in [0.1, 0.15) is 23.5 Å². The summed E-state index contributed by atoms with van der Waals surface area (Å²) in [6, 6.07) is 15.3. The van der Waals surface area contributed by atoms with Crippen molar-refractivity contribution in [3.8, 4) is 11.1 Å². The van der Waals surface area contributed by atoms with Crippen molar-refractivity contribution in [2.75, 3.05) is 23.5 Å². The van der Waals surface area contributed by atoms with E-state index in [0.717, 1.165) is 38.5 Å². The lowest BCUT2D eigenvalue weighted by Gasteiger charge is -2.22. The first kappa shape index (κ1) is 22.7. The number of benzene rings is 2. The lowest BCUT2D eigenvalue weighted by molar-refractivity contribution is -0.119. The van der Waals surface area contributed by atoms with Crippen molar-refractivity contribution in [1.29, 1.82) is 0 Å². The molecule has 0 saturated heterocycles. The average Bonchev–Trinajstić information content (AvgIpc) is 3.37. The van der Waals surface area contributed by atoms with E-state index in [1.54, 1.807) is 11.8 Å². The summed E-state index contributed by atoms with van der Waals surface area (Å²) in [4.78, 5) is 27.0. The number of amides is 2. The van der Waals surface area contributed by atoms with Crippen molar-refractivity contribution in [2.24, 2.45) is 5.73 Å². The molecule has 7 nitrogen and oxygen atoms in total. The predicted molar refractivity (Wildman–Crippen MR) is 131 cm³/mol. The van der Waals surface area contributed by atoms with Crippen molar-refractivity contribution >= 4 is 52.4 Å². The van der Waals surface area contributed by atoms with Gasteiger partial charge in [-0.2, -0.15) is 16.7 Å². The Labute approximate surface area is 199 Å². The summed E-state index contributed by atoms with van der Waals surface area (Å²) < 4.78 is 6.01. The zero-order valence-electron chi connectivity index (χ0n) is 17.3. The van der Waals surface area contributed by atoms with E-state index in [1.807, 2.05) is 42.7 Å². The molecule has 1 aliphatic rings. The number of nitrogens with two attached hydrogens (primary N) is 1. The van der Waals surface area contributed by atoms with Gasteiger partial charge < -0.3 is 10.5 Å². The molecule has 2 aromatic carbocycles. The standard InChI is InChI=1S/C22H22N4O3S3/c1-31-11-10-18(23)19(27)26(20-24-25-21(30)32-20)22(28)29-12-17-15-8-4-2-6-13(15)14-7-3-5-9-16(14)17/h2-9,17-18H,10-12,23H2,1H3,(H,25,30)/t18-/m0/s1. The highest BCUT2D eigenvalue weighted by atomic mass is 32.2. The van der Waals surface area contributed by atoms with Crippen LogP contribution in [0.5, 0.6) is 0 Å². The van der Waals surface area contributed by atoms with Gasteiger partial charge in [-0.25, -0.2) is 4.79 Å². The molecule has 0 bridgehead atoms. The molecule has 0 saturated carbocycles. The fraction of sp³-hybridized carbons (Fsp3) is 0.273. The molecule has 166 valence electrons. The monoisotopic (exact) mass is 486 g/mol. The number of nitrogens with zero attached hydrogens (tertiary/aromatic N) is 2. The van der Waals surface area contributed by atoms with E-state index in [1.165, 1.54) is 0 Å². The van der Waals surface area contributed by atoms with Crippen LogP contribution in [0.15, 0.2) is 48.5 Å². The van der Waals surface area contributed by atoms with Crippen LogP contribution >= 0.6 is 35.3 Å². The number of anilines is 1. The molecule has 0 fully saturated rings. The molecule has 2 amide bonds. The Hall–Kier alpha value is -2.53. The maximum atomic E-state index is 13.1. The molecule has 0 aliphatic heterocycles. The van der Waals surface area contributed by atoms with E-state index in [9.17, 15) is 9.59 Å². The number of ether oxygens (including phenoxy) is 1. The first-order valence-electron chi connectivity index (χ1n) is 10.00. The molecule has 0 radical (unpaired) electrons. The summed E-state index contributed by atoms with van der Waals surface area (Å²) in [6.07, 6.45) is 1.55. The van der Waals surface area contributed by atoms with Crippen LogP contribution in [0.4, 0.5) is 9.93 Å². The van der Waals surface area contributed by atoms with Crippen molar-refractivity contribution < 1.29 is 14.3 Å². The van der Waals surface area contributed by atoms with Gasteiger partial charge in [-0.15, -0.1) is 5.10 Å². The van der Waals surface area contributed by atoms with Crippen molar-refractivity contribution in [2.45, 2.75) is 18.4 Å². The molecule has 1 aromatic heterocycles. The van der Waals surface area contributed by atoms with Crippen LogP contribution in [0.25, 0.3) is 11.1 Å². The largest absolute Gasteiger partial charge is 0.448 e. The van der Waals surface area contributed by atoms with Crippen LogP contribution < -0.4 is 10.6 Å². The highest BCUT2D eigenvalue weighted by Gasteiger charge is 2.34. The van der Waals surface area contributed by atoms with Gasteiger partial charge in [-0.05, 0) is 52.9 Å². The zero-order chi connectivity index (χ0) is 22.7. The highest BCUT2D eigenvalue weighted by Crippen LogP contribution is 2.44. The Bertz CT molecular complexity index is 1150. The van der Waals surface area contributed by atoms with Crippen molar-refractivity contribution in [3.63, 3.8) is 0 Å². The maximum absolute atomic E-state index is 13.1. The van der Waals surface area contributed by atoms with E-state index < -0.39 is 18.0 Å². The topological polar surface area (TPSA) is 101 Å². The van der Waals surface area contributed by atoms with E-state index in [2.05, 4.69) is 22.3 Å². The van der Waals surface area contributed by atoms with Gasteiger partial charge in [-0.1, -0.05) is 59.9 Å². The fourth-order valence-corrected chi connectivity index (χ4v) is 5.14. The van der Waals surface area contributed by atoms with Crippen LogP contribution in [-0.4, -0.2) is 46.9 Å². The molecule has 0 spiro atoms. The molecule has 3 N–H and O–H groups in total. The number of H-pyrrole nitrogens is 1. The highest BCUT2D eigenvalue weighted by molar-refractivity contribution is 7.98. The summed E-state index contributed by atoms with van der Waals surface area (Å²) in [5.41, 5.74) is 10.5. The minimum Gasteiger partial charge on any atom is -0.448 e. The number of nitrogens with one attached hydrogen (secondary N) is 1. The Balaban J connectivity index is 1.57. The molecule has 3 aromatic rings. The summed E-state index contributed by atoms with van der Waals surface area (Å²) in [5, 5.41) is 6.73. The van der Waals surface area contributed by atoms with Gasteiger partial charge in [0, 0.05) is 5.92 Å². The van der Waals surface area contributed by atoms with Crippen LogP contribution in [0.2, 0.25) is 0 Å². The second-order valence-electron chi connectivity index (χ2n) is 7.26. The maximum Gasteiger partial charge on any atom is 0.423 e. The smallest absolute Gasteiger partial charge is 0.423 e. The van der Waals surface area contributed by atoms with Gasteiger partial charge >= 0.3 is 6.09 Å². The Morgan fingerprint density at radius 3 is 2.41 bits per heavy atom. The molecule has 32 heavy (non-hydrogen) atoms. The quantitative estimate of drug-likeness (QED) is 0.472. The van der Waals surface area contributed by atoms with E-state index >= 15 is 0 Å². The number of rotatable bonds is 7. The summed E-state index contributed by atoms with van der Waals surface area (Å²) in [5.74, 6) is 0.0155. The summed E-state index contributed by atoms with van der Waals surface area (Å²) in [6.45, 7) is 0.0898. The zero-order valence-corrected chi connectivity index (χ0v) is 19.8. The minimum atomic E-state index is -0.847. The summed E-state index contributed by atoms with van der Waals surface area (Å²) >= 11 is 7.68. The third kappa shape index (κ3) is 4.49. The first-order chi connectivity index (χ1) is 15.5. The molecule has 4 rings (SSSR count). The van der Waals surface area contributed by atoms with Gasteiger partial charge in [0.2, 0.25) is 5.13 Å². The minimum absolute atomic E-state index is 0.0898. The molecular formula is C22H22N4O3S3. The molecule has 1 heterocycles. The molecular weight excluding hydrogens is 464 g/mol. The number of carbonyl (C=O) groups excluding carboxylic acids is 2. The number of aromatic amines is 1. The SMILES string of the molecule is CSCC[C@H](N)C(=O)N(C(=O)OCC1c2ccccc2-c2ccccc21)c1n[nH]c(=S)s1. The number of hydrogen-bond donors (Lipinski definition) is 2. The lowest BCUT2D eigenvalue weighted by atomic mass is 9.98. The summed E-state index contributed by atoms with van der Waals surface area (Å²) in [7, 11) is 0. The number of aromatic nitrogens is 2. The Morgan fingerprint density at radius 1 is 1.22 bits per heavy atom. The first-order valence-corrected chi connectivity index (χ1v) is 12.6. The van der Waals surface area contributed by atoms with Gasteiger partial charge in [-0.3, -0.25) is 9.89 Å². The van der Waals surface area contributed by atoms with Crippen molar-refractivity contribution in [1.82, 2.24) is 10.2 Å². The molecule has 1 aliphatic carbocycles. The van der Waals surface area contributed by atoms with Gasteiger partial charge in [0.05, 0.1) is 6.04 Å². The van der Waals surface area contributed by atoms with E-state index in [0.29, 0.717) is 16.1 Å². The van der Waals surface area contributed by atoms with E-state index in [4.69, 9.17) is 22.7 Å². The van der Waals surface area contributed by atoms with Crippen LogP contribution in [-0.2, 0) is 9.53 Å². The number of thioether (sulfide) groups is 1. The van der Waals surface area contributed by atoms with E-state index in [-0.39, 0.29) is 17.7 Å². The Morgan fingerprint density at radius 2 is 1.84 bits per heavy atom. The Kier molecular flexibility index (Phi) is 7.04. The van der Waals surface area contributed by atoms with Gasteiger partial charge in [0.15, 0.2) is 3.95 Å². The van der Waals surface area contributed by atoms with Crippen LogP contribution in [0, 0.1) is 3.95 Å². The second-order valence-corrected chi connectivity index (χ2v) is 9.89. The third-order valence-electron chi connectivity index (χ3n) is 5.31. The van der Waals surface area contributed by atoms with Gasteiger partial charge in [0.25, 0.3) is 5.91 Å². The molecule has 10 heteroatoms. The van der Waals surface area contributed by atoms with Crippen LogP contribution in [0.3, 0.4) is 0 Å². The molecule has 0 unspecified atom stereocenters. The fourth-order valence-electron chi connectivity index (χ4n) is 3.77. The number of imide groups is 1. The second kappa shape index (κ2) is 9.95. The third-order valence-corrected chi connectivity index (χ3v) is 7.03. The average molecular weight is 487 g/mol. The number of carbonyl (C=O) groups is 2. The predicted octanol–water partition coefficient (Wildman–Crippen LogP) is 4.56. The normalized spacial score (nSPS) is 13.3. The number of hydrogen-bond acceptors (Lipinski definition) is 8. The number of fused-ring (bicyclic) bond motifs is 3. The van der Waals surface area contributed by atoms with Gasteiger partial charge in [0.1, 0.15) is 6.61 Å². The van der Waals surface area contributed by atoms with Crippen molar-refractivity contribution in [3.05, 3.63) is 63.6 Å².